The SMILES string of the molecule is NCCc1c[nH]c2ccc(OCCCCNCC[C@@H](Oc3ccc(C(F)(F)F)cc3)c3ccccc3)cc12. The molecule has 5 nitrogen and oxygen atoms in total. The number of nitrogens with one attached hydrogen (secondary N) is 2. The van der Waals surface area contributed by atoms with Crippen molar-refractivity contribution < 1.29 is 22.6 Å². The van der Waals surface area contributed by atoms with Crippen molar-refractivity contribution in [1.82, 2.24) is 10.3 Å². The van der Waals surface area contributed by atoms with Crippen LogP contribution in [0.25, 0.3) is 10.9 Å². The topological polar surface area (TPSA) is 72.3 Å². The lowest BCUT2D eigenvalue weighted by atomic mass is 10.1. The number of hydrogen-bond acceptors (Lipinski definition) is 4. The minimum atomic E-state index is -4.36. The quantitative estimate of drug-likeness (QED) is 0.161. The second-order valence-electron chi connectivity index (χ2n) is 9.19. The molecule has 0 saturated heterocycles. The molecule has 38 heavy (non-hydrogen) atoms. The van der Waals surface area contributed by atoms with Gasteiger partial charge in [0.2, 0.25) is 0 Å². The summed E-state index contributed by atoms with van der Waals surface area (Å²) in [7, 11) is 0. The second kappa shape index (κ2) is 13.3. The van der Waals surface area contributed by atoms with Crippen LogP contribution < -0.4 is 20.5 Å². The molecule has 0 radical (unpaired) electrons. The molecule has 3 aromatic carbocycles. The van der Waals surface area contributed by atoms with Gasteiger partial charge in [0.15, 0.2) is 0 Å². The average Bonchev–Trinajstić information content (AvgIpc) is 3.32. The third-order valence-electron chi connectivity index (χ3n) is 6.38. The predicted molar refractivity (Wildman–Crippen MR) is 145 cm³/mol. The van der Waals surface area contributed by atoms with Crippen molar-refractivity contribution in [3.05, 3.63) is 95.7 Å². The van der Waals surface area contributed by atoms with Crippen LogP contribution in [0, 0.1) is 0 Å². The van der Waals surface area contributed by atoms with Gasteiger partial charge < -0.3 is 25.5 Å². The number of unbranched alkanes of at least 4 members (excludes halogenated alkanes) is 1. The van der Waals surface area contributed by atoms with Gasteiger partial charge in [-0.2, -0.15) is 13.2 Å². The van der Waals surface area contributed by atoms with Crippen LogP contribution in [0.5, 0.6) is 11.5 Å². The molecule has 1 atom stereocenters. The van der Waals surface area contributed by atoms with Crippen molar-refractivity contribution in [3.8, 4) is 11.5 Å². The molecule has 4 aromatic rings. The van der Waals surface area contributed by atoms with Crippen LogP contribution >= 0.6 is 0 Å². The molecule has 0 unspecified atom stereocenters. The Kier molecular flexibility index (Phi) is 9.67. The minimum Gasteiger partial charge on any atom is -0.494 e. The maximum absolute atomic E-state index is 12.9. The molecule has 4 N–H and O–H groups in total. The van der Waals surface area contributed by atoms with Crippen LogP contribution in [0.3, 0.4) is 0 Å². The van der Waals surface area contributed by atoms with Gasteiger partial charge in [-0.1, -0.05) is 30.3 Å². The van der Waals surface area contributed by atoms with E-state index in [4.69, 9.17) is 15.2 Å². The Bertz CT molecular complexity index is 1260. The number of nitrogens with two attached hydrogens (primary N) is 1. The van der Waals surface area contributed by atoms with Gasteiger partial charge in [0, 0.05) is 23.5 Å². The first-order valence-electron chi connectivity index (χ1n) is 13.0. The van der Waals surface area contributed by atoms with Crippen molar-refractivity contribution in [2.24, 2.45) is 5.73 Å². The maximum Gasteiger partial charge on any atom is 0.416 e. The van der Waals surface area contributed by atoms with Gasteiger partial charge in [-0.05, 0) is 92.5 Å². The number of halogens is 3. The summed E-state index contributed by atoms with van der Waals surface area (Å²) in [6.07, 6.45) is 0.758. The lowest BCUT2D eigenvalue weighted by Gasteiger charge is -2.20. The summed E-state index contributed by atoms with van der Waals surface area (Å²) in [6.45, 7) is 2.80. The molecule has 0 amide bonds. The molecule has 0 aliphatic carbocycles. The van der Waals surface area contributed by atoms with Crippen molar-refractivity contribution in [1.29, 1.82) is 0 Å². The van der Waals surface area contributed by atoms with Crippen LogP contribution in [0.2, 0.25) is 0 Å². The Hall–Kier alpha value is -3.49. The summed E-state index contributed by atoms with van der Waals surface area (Å²) in [5.41, 5.74) is 8.29. The maximum atomic E-state index is 12.9. The summed E-state index contributed by atoms with van der Waals surface area (Å²) >= 11 is 0. The Morgan fingerprint density at radius 3 is 2.39 bits per heavy atom. The van der Waals surface area contributed by atoms with Crippen molar-refractivity contribution in [3.63, 3.8) is 0 Å². The first-order chi connectivity index (χ1) is 18.4. The van der Waals surface area contributed by atoms with E-state index in [0.29, 0.717) is 25.3 Å². The van der Waals surface area contributed by atoms with E-state index in [-0.39, 0.29) is 6.10 Å². The van der Waals surface area contributed by atoms with Crippen molar-refractivity contribution in [2.75, 3.05) is 26.2 Å². The fourth-order valence-corrected chi connectivity index (χ4v) is 4.36. The van der Waals surface area contributed by atoms with Gasteiger partial charge in [0.25, 0.3) is 0 Å². The van der Waals surface area contributed by atoms with Gasteiger partial charge in [0.1, 0.15) is 17.6 Å². The lowest BCUT2D eigenvalue weighted by molar-refractivity contribution is -0.137. The van der Waals surface area contributed by atoms with Crippen molar-refractivity contribution in [2.45, 2.75) is 38.0 Å². The number of aromatic amines is 1. The third-order valence-corrected chi connectivity index (χ3v) is 6.38. The molecule has 0 fully saturated rings. The smallest absolute Gasteiger partial charge is 0.416 e. The van der Waals surface area contributed by atoms with E-state index < -0.39 is 11.7 Å². The first-order valence-corrected chi connectivity index (χ1v) is 13.0. The molecule has 202 valence electrons. The number of rotatable bonds is 14. The standard InChI is InChI=1S/C30H34F3N3O2/c31-30(32,33)24-8-10-25(11-9-24)38-29(22-6-2-1-3-7-22)15-18-35-17-4-5-19-37-26-12-13-28-27(20-26)23(14-16-34)21-36-28/h1-3,6-13,20-21,29,35-36H,4-5,14-19,34H2/t29-/m1/s1. The highest BCUT2D eigenvalue weighted by molar-refractivity contribution is 5.84. The van der Waals surface area contributed by atoms with Gasteiger partial charge in [-0.15, -0.1) is 0 Å². The molecule has 0 aliphatic rings. The number of H-pyrrole nitrogens is 1. The molecule has 0 spiro atoms. The van der Waals surface area contributed by atoms with Gasteiger partial charge in [0.05, 0.1) is 12.2 Å². The summed E-state index contributed by atoms with van der Waals surface area (Å²) < 4.78 is 50.6. The van der Waals surface area contributed by atoms with Crippen LogP contribution in [0.4, 0.5) is 13.2 Å². The van der Waals surface area contributed by atoms with E-state index >= 15 is 0 Å². The van der Waals surface area contributed by atoms with E-state index in [2.05, 4.69) is 16.4 Å². The Labute approximate surface area is 221 Å². The number of ether oxygens (including phenoxy) is 2. The van der Waals surface area contributed by atoms with Gasteiger partial charge in [-0.25, -0.2) is 0 Å². The molecule has 0 aliphatic heterocycles. The number of fused-ring (bicyclic) bond motifs is 1. The third kappa shape index (κ3) is 7.76. The highest BCUT2D eigenvalue weighted by Crippen LogP contribution is 2.32. The van der Waals surface area contributed by atoms with Gasteiger partial charge >= 0.3 is 6.18 Å². The molecular weight excluding hydrogens is 491 g/mol. The zero-order chi connectivity index (χ0) is 26.8. The molecule has 8 heteroatoms. The highest BCUT2D eigenvalue weighted by atomic mass is 19.4. The summed E-state index contributed by atoms with van der Waals surface area (Å²) in [5.74, 6) is 1.27. The molecule has 0 bridgehead atoms. The Morgan fingerprint density at radius 2 is 1.66 bits per heavy atom. The minimum absolute atomic E-state index is 0.267. The number of aromatic nitrogens is 1. The molecule has 1 heterocycles. The fourth-order valence-electron chi connectivity index (χ4n) is 4.36. The first kappa shape index (κ1) is 27.5. The highest BCUT2D eigenvalue weighted by Gasteiger charge is 2.30. The van der Waals surface area contributed by atoms with Crippen LogP contribution in [0.15, 0.2) is 79.0 Å². The predicted octanol–water partition coefficient (Wildman–Crippen LogP) is 6.65. The second-order valence-corrected chi connectivity index (χ2v) is 9.19. The molecule has 4 rings (SSSR count). The fraction of sp³-hybridized carbons (Fsp3) is 0.333. The lowest BCUT2D eigenvalue weighted by Crippen LogP contribution is -2.21. The Morgan fingerprint density at radius 1 is 0.895 bits per heavy atom. The monoisotopic (exact) mass is 525 g/mol. The molecule has 1 aromatic heterocycles. The van der Waals surface area contributed by atoms with E-state index in [9.17, 15) is 13.2 Å². The van der Waals surface area contributed by atoms with Crippen molar-refractivity contribution >= 4 is 10.9 Å². The number of alkyl halides is 3. The number of hydrogen-bond donors (Lipinski definition) is 3. The molecule has 0 saturated carbocycles. The van der Waals surface area contributed by atoms with E-state index in [1.165, 1.54) is 17.7 Å². The Balaban J connectivity index is 1.19. The number of benzene rings is 3. The van der Waals surface area contributed by atoms with Crippen LogP contribution in [-0.2, 0) is 12.6 Å². The zero-order valence-corrected chi connectivity index (χ0v) is 21.3. The summed E-state index contributed by atoms with van der Waals surface area (Å²) in [4.78, 5) is 3.27. The largest absolute Gasteiger partial charge is 0.494 e. The van der Waals surface area contributed by atoms with E-state index in [1.807, 2.05) is 48.7 Å². The van der Waals surface area contributed by atoms with Crippen LogP contribution in [-0.4, -0.2) is 31.2 Å². The summed E-state index contributed by atoms with van der Waals surface area (Å²) in [5, 5.41) is 4.59. The zero-order valence-electron chi connectivity index (χ0n) is 21.3. The average molecular weight is 526 g/mol. The van der Waals surface area contributed by atoms with Crippen LogP contribution in [0.1, 0.15) is 42.1 Å². The van der Waals surface area contributed by atoms with E-state index in [1.54, 1.807) is 0 Å². The molecular formula is C30H34F3N3O2. The normalized spacial score (nSPS) is 12.5. The van der Waals surface area contributed by atoms with E-state index in [0.717, 1.165) is 66.7 Å². The van der Waals surface area contributed by atoms with Gasteiger partial charge in [-0.3, -0.25) is 0 Å². The summed E-state index contributed by atoms with van der Waals surface area (Å²) in [6, 6.07) is 20.6.